The molecule has 1 atom stereocenters. The van der Waals surface area contributed by atoms with Gasteiger partial charge in [-0.2, -0.15) is 0 Å². The van der Waals surface area contributed by atoms with E-state index in [4.69, 9.17) is 11.6 Å². The third-order valence-electron chi connectivity index (χ3n) is 6.71. The maximum absolute atomic E-state index is 13.9. The molecule has 42 heavy (non-hydrogen) atoms. The van der Waals surface area contributed by atoms with E-state index in [1.54, 1.807) is 24.3 Å². The Labute approximate surface area is 251 Å². The first kappa shape index (κ1) is 33.0. The van der Waals surface area contributed by atoms with Gasteiger partial charge in [0.1, 0.15) is 6.04 Å². The van der Waals surface area contributed by atoms with Crippen LogP contribution >= 0.6 is 11.6 Å². The van der Waals surface area contributed by atoms with E-state index < -0.39 is 27.7 Å². The normalized spacial score (nSPS) is 12.0. The van der Waals surface area contributed by atoms with Crippen LogP contribution in [-0.2, 0) is 32.6 Å². The highest BCUT2D eigenvalue weighted by atomic mass is 35.5. The lowest BCUT2D eigenvalue weighted by molar-refractivity contribution is -0.141. The Morgan fingerprint density at radius 3 is 2.24 bits per heavy atom. The molecule has 0 aromatic heterocycles. The van der Waals surface area contributed by atoms with Gasteiger partial charge in [-0.15, -0.1) is 0 Å². The van der Waals surface area contributed by atoms with Crippen LogP contribution in [0.2, 0.25) is 5.02 Å². The summed E-state index contributed by atoms with van der Waals surface area (Å²) in [7, 11) is -3.86. The Hall–Kier alpha value is -3.50. The van der Waals surface area contributed by atoms with E-state index in [0.29, 0.717) is 11.6 Å². The maximum Gasteiger partial charge on any atom is 0.243 e. The van der Waals surface area contributed by atoms with Crippen LogP contribution in [0.5, 0.6) is 0 Å². The Morgan fingerprint density at radius 2 is 1.62 bits per heavy atom. The van der Waals surface area contributed by atoms with E-state index in [1.807, 2.05) is 37.3 Å². The minimum atomic E-state index is -3.86. The van der Waals surface area contributed by atoms with Crippen LogP contribution in [0, 0.1) is 11.6 Å². The van der Waals surface area contributed by atoms with E-state index >= 15 is 0 Å². The predicted octanol–water partition coefficient (Wildman–Crippen LogP) is 5.72. The first-order valence-corrected chi connectivity index (χ1v) is 16.0. The molecular formula is C31H36ClF2N3O4S. The number of sulfonamides is 1. The van der Waals surface area contributed by atoms with E-state index in [9.17, 15) is 26.8 Å². The third kappa shape index (κ3) is 9.80. The second-order valence-electron chi connectivity index (χ2n) is 10.0. The highest BCUT2D eigenvalue weighted by Crippen LogP contribution is 2.22. The van der Waals surface area contributed by atoms with Crippen molar-refractivity contribution in [3.8, 4) is 0 Å². The molecule has 0 heterocycles. The molecule has 11 heteroatoms. The molecule has 0 fully saturated rings. The van der Waals surface area contributed by atoms with Crippen molar-refractivity contribution in [3.63, 3.8) is 0 Å². The van der Waals surface area contributed by atoms with Gasteiger partial charge in [-0.1, -0.05) is 67.4 Å². The van der Waals surface area contributed by atoms with Crippen LogP contribution in [0.3, 0.4) is 0 Å². The number of amides is 2. The first-order chi connectivity index (χ1) is 20.0. The molecule has 0 spiro atoms. The van der Waals surface area contributed by atoms with Crippen LogP contribution in [-0.4, -0.2) is 50.5 Å². The smallest absolute Gasteiger partial charge is 0.243 e. The van der Waals surface area contributed by atoms with Gasteiger partial charge in [0.25, 0.3) is 0 Å². The Morgan fingerprint density at radius 1 is 0.929 bits per heavy atom. The quantitative estimate of drug-likeness (QED) is 0.221. The number of carbonyl (C=O) groups is 2. The van der Waals surface area contributed by atoms with Crippen LogP contribution in [0.4, 0.5) is 14.5 Å². The summed E-state index contributed by atoms with van der Waals surface area (Å²) in [5, 5.41) is 3.49. The van der Waals surface area contributed by atoms with Gasteiger partial charge in [-0.25, -0.2) is 17.2 Å². The maximum atomic E-state index is 13.9. The molecule has 0 saturated heterocycles. The topological polar surface area (TPSA) is 86.8 Å². The van der Waals surface area contributed by atoms with Crippen molar-refractivity contribution in [1.82, 2.24) is 10.2 Å². The van der Waals surface area contributed by atoms with E-state index in [0.717, 1.165) is 46.7 Å². The van der Waals surface area contributed by atoms with Crippen molar-refractivity contribution in [2.24, 2.45) is 0 Å². The monoisotopic (exact) mass is 619 g/mol. The molecule has 226 valence electrons. The zero-order valence-electron chi connectivity index (χ0n) is 23.7. The lowest BCUT2D eigenvalue weighted by Gasteiger charge is -2.32. The predicted molar refractivity (Wildman–Crippen MR) is 162 cm³/mol. The number of carbonyl (C=O) groups excluding carboxylic acids is 2. The highest BCUT2D eigenvalue weighted by Gasteiger charge is 2.30. The third-order valence-corrected chi connectivity index (χ3v) is 8.16. The molecule has 3 rings (SSSR count). The molecule has 1 N–H and O–H groups in total. The Balaban J connectivity index is 1.87. The van der Waals surface area contributed by atoms with Crippen molar-refractivity contribution < 1.29 is 26.8 Å². The van der Waals surface area contributed by atoms with Crippen LogP contribution in [0.25, 0.3) is 0 Å². The summed E-state index contributed by atoms with van der Waals surface area (Å²) < 4.78 is 53.2. The summed E-state index contributed by atoms with van der Waals surface area (Å²) in [5.74, 6) is -2.91. The molecule has 0 unspecified atom stereocenters. The number of hydrogen-bond donors (Lipinski definition) is 1. The number of halogens is 3. The zero-order chi connectivity index (χ0) is 30.7. The van der Waals surface area contributed by atoms with E-state index in [2.05, 4.69) is 5.32 Å². The molecule has 7 nitrogen and oxygen atoms in total. The van der Waals surface area contributed by atoms with Crippen molar-refractivity contribution in [3.05, 3.63) is 101 Å². The highest BCUT2D eigenvalue weighted by molar-refractivity contribution is 7.92. The summed E-state index contributed by atoms with van der Waals surface area (Å²) in [6, 6.07) is 18.4. The summed E-state index contributed by atoms with van der Waals surface area (Å²) in [6.45, 7) is 2.48. The molecular weight excluding hydrogens is 584 g/mol. The molecule has 3 aromatic carbocycles. The lowest BCUT2D eigenvalue weighted by atomic mass is 10.0. The Kier molecular flexibility index (Phi) is 12.3. The molecule has 0 aliphatic carbocycles. The fourth-order valence-corrected chi connectivity index (χ4v) is 5.57. The number of nitrogens with zero attached hydrogens (tertiary/aromatic N) is 2. The number of unbranched alkanes of at least 4 members (excludes halogenated alkanes) is 1. The fourth-order valence-electron chi connectivity index (χ4n) is 4.49. The fraction of sp³-hybridized carbons (Fsp3) is 0.355. The molecule has 2 amide bonds. The number of hydrogen-bond acceptors (Lipinski definition) is 4. The largest absolute Gasteiger partial charge is 0.354 e. The zero-order valence-corrected chi connectivity index (χ0v) is 25.3. The molecule has 0 radical (unpaired) electrons. The SMILES string of the molecule is CCCCNC(=O)[C@@H](Cc1ccccc1)N(Cc1ccc(Cl)cc1)C(=O)CCCN(c1ccc(F)c(F)c1)S(C)(=O)=O. The number of rotatable bonds is 15. The summed E-state index contributed by atoms with van der Waals surface area (Å²) >= 11 is 6.06. The Bertz CT molecular complexity index is 1440. The van der Waals surface area contributed by atoms with Crippen LogP contribution in [0.15, 0.2) is 72.8 Å². The van der Waals surface area contributed by atoms with Gasteiger partial charge in [0.15, 0.2) is 11.6 Å². The van der Waals surface area contributed by atoms with Gasteiger partial charge in [0, 0.05) is 43.6 Å². The summed E-state index contributed by atoms with van der Waals surface area (Å²) in [5.41, 5.74) is 1.61. The van der Waals surface area contributed by atoms with Gasteiger partial charge >= 0.3 is 0 Å². The average molecular weight is 620 g/mol. The molecule has 0 bridgehead atoms. The first-order valence-electron chi connectivity index (χ1n) is 13.8. The molecule has 0 aliphatic rings. The van der Waals surface area contributed by atoms with Gasteiger partial charge in [0.05, 0.1) is 11.9 Å². The van der Waals surface area contributed by atoms with E-state index in [1.165, 1.54) is 11.0 Å². The van der Waals surface area contributed by atoms with Crippen molar-refractivity contribution in [1.29, 1.82) is 0 Å². The average Bonchev–Trinajstić information content (AvgIpc) is 2.95. The van der Waals surface area contributed by atoms with Gasteiger partial charge in [0.2, 0.25) is 21.8 Å². The van der Waals surface area contributed by atoms with Crippen LogP contribution in [0.1, 0.15) is 43.7 Å². The summed E-state index contributed by atoms with van der Waals surface area (Å²) in [4.78, 5) is 28.8. The minimum absolute atomic E-state index is 0.0425. The molecule has 0 saturated carbocycles. The van der Waals surface area contributed by atoms with Gasteiger partial charge in [-0.3, -0.25) is 13.9 Å². The van der Waals surface area contributed by atoms with Crippen molar-refractivity contribution in [2.75, 3.05) is 23.7 Å². The second-order valence-corrected chi connectivity index (χ2v) is 12.4. The van der Waals surface area contributed by atoms with E-state index in [-0.39, 0.29) is 49.9 Å². The molecule has 0 aliphatic heterocycles. The van der Waals surface area contributed by atoms with Crippen molar-refractivity contribution >= 4 is 39.1 Å². The second kappa shape index (κ2) is 15.7. The summed E-state index contributed by atoms with van der Waals surface area (Å²) in [6.07, 6.45) is 2.92. The van der Waals surface area contributed by atoms with Gasteiger partial charge < -0.3 is 10.2 Å². The van der Waals surface area contributed by atoms with Gasteiger partial charge in [-0.05, 0) is 48.2 Å². The van der Waals surface area contributed by atoms with Crippen molar-refractivity contribution in [2.45, 2.75) is 51.6 Å². The number of anilines is 1. The number of benzene rings is 3. The number of nitrogens with one attached hydrogen (secondary N) is 1. The minimum Gasteiger partial charge on any atom is -0.354 e. The standard InChI is InChI=1S/C31H36ClF2N3O4S/c1-3-4-18-35-31(39)29(20-23-9-6-5-7-10-23)36(22-24-12-14-25(32)15-13-24)30(38)11-8-19-37(42(2,40)41)26-16-17-27(33)28(34)21-26/h5-7,9-10,12-17,21,29H,3-4,8,11,18-20,22H2,1-2H3,(H,35,39)/t29-/m1/s1. The lowest BCUT2D eigenvalue weighted by Crippen LogP contribution is -2.50. The van der Waals surface area contributed by atoms with Crippen LogP contribution < -0.4 is 9.62 Å². The molecule has 3 aromatic rings.